The van der Waals surface area contributed by atoms with E-state index in [-0.39, 0.29) is 5.91 Å². The van der Waals surface area contributed by atoms with Gasteiger partial charge < -0.3 is 19.1 Å². The molecule has 1 aliphatic heterocycles. The number of pyridine rings is 1. The van der Waals surface area contributed by atoms with E-state index in [1.165, 1.54) is 0 Å². The number of ether oxygens (including phenoxy) is 1. The van der Waals surface area contributed by atoms with Crippen molar-refractivity contribution in [1.82, 2.24) is 24.3 Å². The maximum Gasteiger partial charge on any atom is 0.236 e. The molecule has 8 nitrogen and oxygen atoms in total. The summed E-state index contributed by atoms with van der Waals surface area (Å²) in [6, 6.07) is 2.18. The molecule has 1 amide bonds. The molecule has 3 heterocycles. The standard InChI is InChI=1S/C20H32N6O2/c1-23(2)18(27)13-26-8-6-15(7-9-26)16-12-17-19(21-14-25(17)4)20(22-16)24(3)10-11-28-5/h12,14-15H,6-11,13H2,1-5H3. The number of aromatic nitrogens is 3. The highest BCUT2D eigenvalue weighted by atomic mass is 16.5. The van der Waals surface area contributed by atoms with Crippen LogP contribution in [-0.2, 0) is 16.6 Å². The molecule has 2 aromatic rings. The number of imidazole rings is 1. The van der Waals surface area contributed by atoms with Gasteiger partial charge in [-0.2, -0.15) is 0 Å². The summed E-state index contributed by atoms with van der Waals surface area (Å²) in [5.74, 6) is 1.48. The molecule has 0 N–H and O–H groups in total. The Morgan fingerprint density at radius 3 is 2.64 bits per heavy atom. The van der Waals surface area contributed by atoms with Gasteiger partial charge >= 0.3 is 0 Å². The van der Waals surface area contributed by atoms with Gasteiger partial charge in [0.15, 0.2) is 5.82 Å². The second kappa shape index (κ2) is 8.87. The number of amides is 1. The Morgan fingerprint density at radius 2 is 2.00 bits per heavy atom. The van der Waals surface area contributed by atoms with E-state index in [0.29, 0.717) is 19.1 Å². The lowest BCUT2D eigenvalue weighted by Gasteiger charge is -2.32. The molecule has 2 aromatic heterocycles. The molecule has 8 heteroatoms. The lowest BCUT2D eigenvalue weighted by molar-refractivity contribution is -0.130. The summed E-state index contributed by atoms with van der Waals surface area (Å²) in [5.41, 5.74) is 3.15. The van der Waals surface area contributed by atoms with Gasteiger partial charge in [0.2, 0.25) is 5.91 Å². The largest absolute Gasteiger partial charge is 0.383 e. The Balaban J connectivity index is 1.78. The minimum absolute atomic E-state index is 0.162. The lowest BCUT2D eigenvalue weighted by atomic mass is 9.92. The van der Waals surface area contributed by atoms with Crippen LogP contribution in [0.4, 0.5) is 5.82 Å². The van der Waals surface area contributed by atoms with Gasteiger partial charge in [-0.3, -0.25) is 9.69 Å². The second-order valence-corrected chi connectivity index (χ2v) is 7.85. The molecule has 0 aromatic carbocycles. The Labute approximate surface area is 167 Å². The smallest absolute Gasteiger partial charge is 0.236 e. The zero-order valence-corrected chi connectivity index (χ0v) is 17.7. The molecule has 1 aliphatic rings. The molecule has 1 saturated heterocycles. The van der Waals surface area contributed by atoms with Crippen molar-refractivity contribution in [2.24, 2.45) is 7.05 Å². The molecule has 3 rings (SSSR count). The first-order valence-electron chi connectivity index (χ1n) is 9.85. The molecule has 28 heavy (non-hydrogen) atoms. The molecule has 0 atom stereocenters. The molecule has 0 saturated carbocycles. The molecular weight excluding hydrogens is 356 g/mol. The highest BCUT2D eigenvalue weighted by molar-refractivity contribution is 5.87. The molecule has 0 aliphatic carbocycles. The number of hydrogen-bond donors (Lipinski definition) is 0. The van der Waals surface area contributed by atoms with E-state index in [9.17, 15) is 4.79 Å². The number of fused-ring (bicyclic) bond motifs is 1. The topological polar surface area (TPSA) is 66.7 Å². The Bertz CT molecular complexity index is 810. The number of nitrogens with zero attached hydrogens (tertiary/aromatic N) is 6. The van der Waals surface area contributed by atoms with Crippen LogP contribution in [-0.4, -0.2) is 91.3 Å². The summed E-state index contributed by atoms with van der Waals surface area (Å²) in [5, 5.41) is 0. The number of likely N-dealkylation sites (tertiary alicyclic amines) is 1. The highest BCUT2D eigenvalue weighted by Gasteiger charge is 2.25. The Kier molecular flexibility index (Phi) is 6.51. The van der Waals surface area contributed by atoms with Crippen molar-refractivity contribution in [3.8, 4) is 0 Å². The number of likely N-dealkylation sites (N-methyl/N-ethyl adjacent to an activating group) is 2. The molecule has 0 radical (unpaired) electrons. The van der Waals surface area contributed by atoms with E-state index in [1.54, 1.807) is 12.0 Å². The van der Waals surface area contributed by atoms with Gasteiger partial charge in [0, 0.05) is 53.5 Å². The van der Waals surface area contributed by atoms with Gasteiger partial charge in [-0.25, -0.2) is 9.97 Å². The predicted octanol–water partition coefficient (Wildman–Crippen LogP) is 1.32. The number of methoxy groups -OCH3 is 1. The van der Waals surface area contributed by atoms with E-state index in [0.717, 1.165) is 55.0 Å². The summed E-state index contributed by atoms with van der Waals surface area (Å²) in [6.07, 6.45) is 3.87. The quantitative estimate of drug-likeness (QED) is 0.713. The average molecular weight is 389 g/mol. The predicted molar refractivity (Wildman–Crippen MR) is 111 cm³/mol. The van der Waals surface area contributed by atoms with Gasteiger partial charge in [0.05, 0.1) is 25.0 Å². The molecule has 0 bridgehead atoms. The van der Waals surface area contributed by atoms with Crippen LogP contribution in [0.1, 0.15) is 24.5 Å². The fourth-order valence-electron chi connectivity index (χ4n) is 3.66. The number of carbonyl (C=O) groups excluding carboxylic acids is 1. The van der Waals surface area contributed by atoms with Crippen molar-refractivity contribution < 1.29 is 9.53 Å². The maximum absolute atomic E-state index is 12.0. The van der Waals surface area contributed by atoms with Crippen molar-refractivity contribution in [3.63, 3.8) is 0 Å². The van der Waals surface area contributed by atoms with Crippen molar-refractivity contribution >= 4 is 22.8 Å². The van der Waals surface area contributed by atoms with Crippen molar-refractivity contribution in [1.29, 1.82) is 0 Å². The highest BCUT2D eigenvalue weighted by Crippen LogP contribution is 2.32. The van der Waals surface area contributed by atoms with Crippen molar-refractivity contribution in [2.75, 3.05) is 65.9 Å². The summed E-state index contributed by atoms with van der Waals surface area (Å²) >= 11 is 0. The number of rotatable bonds is 7. The number of hydrogen-bond acceptors (Lipinski definition) is 6. The van der Waals surface area contributed by atoms with E-state index in [2.05, 4.69) is 25.4 Å². The Hall–Kier alpha value is -2.19. The number of piperidine rings is 1. The third kappa shape index (κ3) is 4.44. The van der Waals surface area contributed by atoms with Gasteiger partial charge in [0.1, 0.15) is 5.52 Å². The summed E-state index contributed by atoms with van der Waals surface area (Å²) in [6.45, 7) is 3.76. The maximum atomic E-state index is 12.0. The SMILES string of the molecule is COCCN(C)c1nc(C2CCN(CC(=O)N(C)C)CC2)cc2c1ncn2C. The van der Waals surface area contributed by atoms with Crippen LogP contribution in [0.3, 0.4) is 0 Å². The molecule has 1 fully saturated rings. The third-order valence-corrected chi connectivity index (χ3v) is 5.57. The third-order valence-electron chi connectivity index (χ3n) is 5.57. The minimum atomic E-state index is 0.162. The van der Waals surface area contributed by atoms with E-state index >= 15 is 0 Å². The second-order valence-electron chi connectivity index (χ2n) is 7.85. The fraction of sp³-hybridized carbons (Fsp3) is 0.650. The number of carbonyl (C=O) groups is 1. The molecule has 154 valence electrons. The summed E-state index contributed by atoms with van der Waals surface area (Å²) in [7, 11) is 9.39. The Morgan fingerprint density at radius 1 is 1.29 bits per heavy atom. The van der Waals surface area contributed by atoms with Crippen molar-refractivity contribution in [3.05, 3.63) is 18.1 Å². The van der Waals surface area contributed by atoms with Crippen LogP contribution in [0, 0.1) is 0 Å². The lowest BCUT2D eigenvalue weighted by Crippen LogP contribution is -2.40. The molecule has 0 unspecified atom stereocenters. The molecule has 0 spiro atoms. The normalized spacial score (nSPS) is 15.9. The van der Waals surface area contributed by atoms with Crippen LogP contribution in [0.5, 0.6) is 0 Å². The van der Waals surface area contributed by atoms with E-state index < -0.39 is 0 Å². The van der Waals surface area contributed by atoms with E-state index in [1.807, 2.05) is 34.5 Å². The summed E-state index contributed by atoms with van der Waals surface area (Å²) < 4.78 is 7.28. The van der Waals surface area contributed by atoms with Crippen LogP contribution in [0.2, 0.25) is 0 Å². The monoisotopic (exact) mass is 388 g/mol. The van der Waals surface area contributed by atoms with Crippen LogP contribution < -0.4 is 4.90 Å². The summed E-state index contributed by atoms with van der Waals surface area (Å²) in [4.78, 5) is 27.6. The average Bonchev–Trinajstić information content (AvgIpc) is 3.06. The van der Waals surface area contributed by atoms with Crippen LogP contribution in [0.15, 0.2) is 12.4 Å². The minimum Gasteiger partial charge on any atom is -0.383 e. The first-order chi connectivity index (χ1) is 13.4. The fourth-order valence-corrected chi connectivity index (χ4v) is 3.66. The number of anilines is 1. The first-order valence-corrected chi connectivity index (χ1v) is 9.85. The zero-order chi connectivity index (χ0) is 20.3. The molecular formula is C20H32N6O2. The first kappa shape index (κ1) is 20.5. The van der Waals surface area contributed by atoms with Crippen molar-refractivity contribution in [2.45, 2.75) is 18.8 Å². The van der Waals surface area contributed by atoms with Gasteiger partial charge in [0.25, 0.3) is 0 Å². The zero-order valence-electron chi connectivity index (χ0n) is 17.7. The van der Waals surface area contributed by atoms with Crippen LogP contribution in [0.25, 0.3) is 11.0 Å². The number of aryl methyl sites for hydroxylation is 1. The van der Waals surface area contributed by atoms with E-state index in [4.69, 9.17) is 9.72 Å². The van der Waals surface area contributed by atoms with Crippen LogP contribution >= 0.6 is 0 Å². The van der Waals surface area contributed by atoms with Gasteiger partial charge in [-0.1, -0.05) is 0 Å². The van der Waals surface area contributed by atoms with Gasteiger partial charge in [-0.15, -0.1) is 0 Å². The van der Waals surface area contributed by atoms with Gasteiger partial charge in [-0.05, 0) is 32.0 Å².